The number of ether oxygens (including phenoxy) is 1. The smallest absolute Gasteiger partial charge is 0.188 e. The van der Waals surface area contributed by atoms with E-state index in [4.69, 9.17) is 4.74 Å². The molecule has 1 rings (SSSR count). The first-order chi connectivity index (χ1) is 9.56. The third-order valence-corrected chi connectivity index (χ3v) is 3.58. The van der Waals surface area contributed by atoms with Crippen molar-refractivity contribution in [3.8, 4) is 0 Å². The molecule has 0 N–H and O–H groups in total. The molecular formula is C18H28O2. The number of carbonyl (C=O) groups excluding carboxylic acids is 1. The number of unbranched alkanes of at least 4 members (excludes halogenated alkanes) is 4. The molecule has 1 aromatic rings. The summed E-state index contributed by atoms with van der Waals surface area (Å²) in [6.07, 6.45) is 6.07. The Morgan fingerprint density at radius 3 is 2.20 bits per heavy atom. The SMILES string of the molecule is CCCCCCCOCC(=O)c1c(C)cc(C)cc1C. The van der Waals surface area contributed by atoms with Crippen LogP contribution in [-0.2, 0) is 4.74 Å². The molecule has 0 aliphatic rings. The highest BCUT2D eigenvalue weighted by atomic mass is 16.5. The maximum Gasteiger partial charge on any atom is 0.188 e. The number of hydrogen-bond acceptors (Lipinski definition) is 2. The number of benzene rings is 1. The van der Waals surface area contributed by atoms with Crippen LogP contribution in [0.15, 0.2) is 12.1 Å². The largest absolute Gasteiger partial charge is 0.373 e. The first kappa shape index (κ1) is 16.9. The van der Waals surface area contributed by atoms with Crippen molar-refractivity contribution in [3.05, 3.63) is 34.4 Å². The molecule has 0 bridgehead atoms. The standard InChI is InChI=1S/C18H28O2/c1-5-6-7-8-9-10-20-13-17(19)18-15(3)11-14(2)12-16(18)4/h11-12H,5-10,13H2,1-4H3. The van der Waals surface area contributed by atoms with Crippen LogP contribution in [0.1, 0.15) is 66.1 Å². The van der Waals surface area contributed by atoms with Gasteiger partial charge in [-0.05, 0) is 38.3 Å². The summed E-state index contributed by atoms with van der Waals surface area (Å²) in [5, 5.41) is 0. The molecular weight excluding hydrogens is 248 g/mol. The van der Waals surface area contributed by atoms with E-state index in [-0.39, 0.29) is 12.4 Å². The van der Waals surface area contributed by atoms with E-state index in [0.717, 1.165) is 23.1 Å². The highest BCUT2D eigenvalue weighted by Gasteiger charge is 2.12. The fraction of sp³-hybridized carbons (Fsp3) is 0.611. The lowest BCUT2D eigenvalue weighted by Crippen LogP contribution is -2.13. The van der Waals surface area contributed by atoms with E-state index in [1.807, 2.05) is 13.8 Å². The van der Waals surface area contributed by atoms with Gasteiger partial charge >= 0.3 is 0 Å². The minimum absolute atomic E-state index is 0.105. The summed E-state index contributed by atoms with van der Waals surface area (Å²) in [5.41, 5.74) is 4.15. The van der Waals surface area contributed by atoms with Crippen molar-refractivity contribution in [2.24, 2.45) is 0 Å². The topological polar surface area (TPSA) is 26.3 Å². The molecule has 0 aliphatic carbocycles. The van der Waals surface area contributed by atoms with Crippen molar-refractivity contribution in [2.45, 2.75) is 59.8 Å². The molecule has 0 aliphatic heterocycles. The van der Waals surface area contributed by atoms with E-state index in [1.165, 1.54) is 31.2 Å². The number of aryl methyl sites for hydroxylation is 3. The summed E-state index contributed by atoms with van der Waals surface area (Å²) in [4.78, 5) is 12.2. The van der Waals surface area contributed by atoms with Gasteiger partial charge in [-0.3, -0.25) is 4.79 Å². The number of hydrogen-bond donors (Lipinski definition) is 0. The fourth-order valence-corrected chi connectivity index (χ4v) is 2.66. The van der Waals surface area contributed by atoms with Gasteiger partial charge in [-0.2, -0.15) is 0 Å². The predicted octanol–water partition coefficient (Wildman–Crippen LogP) is 4.78. The van der Waals surface area contributed by atoms with Crippen LogP contribution in [-0.4, -0.2) is 19.0 Å². The van der Waals surface area contributed by atoms with Crippen LogP contribution in [0.25, 0.3) is 0 Å². The molecule has 0 radical (unpaired) electrons. The molecule has 20 heavy (non-hydrogen) atoms. The Morgan fingerprint density at radius 2 is 1.60 bits per heavy atom. The van der Waals surface area contributed by atoms with E-state index in [9.17, 15) is 4.79 Å². The van der Waals surface area contributed by atoms with Gasteiger partial charge in [0, 0.05) is 12.2 Å². The number of rotatable bonds is 9. The number of Topliss-reactive ketones (excluding diaryl/α,β-unsaturated/α-hetero) is 1. The van der Waals surface area contributed by atoms with Crippen molar-refractivity contribution >= 4 is 5.78 Å². The molecule has 0 spiro atoms. The molecule has 0 saturated heterocycles. The Hall–Kier alpha value is -1.15. The Kier molecular flexibility index (Phi) is 7.53. The highest BCUT2D eigenvalue weighted by Crippen LogP contribution is 2.17. The highest BCUT2D eigenvalue weighted by molar-refractivity contribution is 5.99. The maximum absolute atomic E-state index is 12.2. The number of ketones is 1. The fourth-order valence-electron chi connectivity index (χ4n) is 2.66. The van der Waals surface area contributed by atoms with Crippen LogP contribution in [0.2, 0.25) is 0 Å². The van der Waals surface area contributed by atoms with E-state index in [2.05, 4.69) is 26.0 Å². The van der Waals surface area contributed by atoms with Crippen LogP contribution in [0.5, 0.6) is 0 Å². The summed E-state index contributed by atoms with van der Waals surface area (Å²) in [7, 11) is 0. The molecule has 1 aromatic carbocycles. The van der Waals surface area contributed by atoms with E-state index < -0.39 is 0 Å². The van der Waals surface area contributed by atoms with Gasteiger partial charge in [-0.15, -0.1) is 0 Å². The monoisotopic (exact) mass is 276 g/mol. The molecule has 0 amide bonds. The van der Waals surface area contributed by atoms with E-state index in [0.29, 0.717) is 6.61 Å². The van der Waals surface area contributed by atoms with Gasteiger partial charge in [0.25, 0.3) is 0 Å². The molecule has 0 heterocycles. The molecule has 0 fully saturated rings. The zero-order valence-electron chi connectivity index (χ0n) is 13.4. The first-order valence-electron chi connectivity index (χ1n) is 7.75. The van der Waals surface area contributed by atoms with Crippen LogP contribution in [0.4, 0.5) is 0 Å². The lowest BCUT2D eigenvalue weighted by atomic mass is 9.97. The molecule has 0 atom stereocenters. The van der Waals surface area contributed by atoms with Gasteiger partial charge in [0.1, 0.15) is 6.61 Å². The molecule has 2 heteroatoms. The minimum atomic E-state index is 0.105. The van der Waals surface area contributed by atoms with Crippen molar-refractivity contribution in [3.63, 3.8) is 0 Å². The Morgan fingerprint density at radius 1 is 1.00 bits per heavy atom. The van der Waals surface area contributed by atoms with Gasteiger partial charge in [0.05, 0.1) is 0 Å². The van der Waals surface area contributed by atoms with Gasteiger partial charge in [0.15, 0.2) is 5.78 Å². The second kappa shape index (κ2) is 8.91. The molecule has 2 nitrogen and oxygen atoms in total. The molecule has 112 valence electrons. The quantitative estimate of drug-likeness (QED) is 0.479. The van der Waals surface area contributed by atoms with Gasteiger partial charge in [-0.25, -0.2) is 0 Å². The summed E-state index contributed by atoms with van der Waals surface area (Å²) in [5.74, 6) is 0.105. The van der Waals surface area contributed by atoms with Crippen molar-refractivity contribution in [1.82, 2.24) is 0 Å². The van der Waals surface area contributed by atoms with Crippen LogP contribution >= 0.6 is 0 Å². The lowest BCUT2D eigenvalue weighted by molar-refractivity contribution is 0.0751. The number of carbonyl (C=O) groups is 1. The van der Waals surface area contributed by atoms with Crippen molar-refractivity contribution in [1.29, 1.82) is 0 Å². The van der Waals surface area contributed by atoms with E-state index >= 15 is 0 Å². The van der Waals surface area contributed by atoms with Gasteiger partial charge in [-0.1, -0.05) is 50.3 Å². The lowest BCUT2D eigenvalue weighted by Gasteiger charge is -2.10. The second-order valence-electron chi connectivity index (χ2n) is 5.66. The van der Waals surface area contributed by atoms with Crippen LogP contribution in [0.3, 0.4) is 0 Å². The first-order valence-corrected chi connectivity index (χ1v) is 7.75. The maximum atomic E-state index is 12.2. The van der Waals surface area contributed by atoms with Crippen LogP contribution in [0, 0.1) is 20.8 Å². The Balaban J connectivity index is 2.37. The van der Waals surface area contributed by atoms with Gasteiger partial charge in [0.2, 0.25) is 0 Å². The normalized spacial score (nSPS) is 10.8. The second-order valence-corrected chi connectivity index (χ2v) is 5.66. The van der Waals surface area contributed by atoms with Crippen molar-refractivity contribution < 1.29 is 9.53 Å². The molecule has 0 saturated carbocycles. The average Bonchev–Trinajstić information content (AvgIpc) is 2.36. The van der Waals surface area contributed by atoms with Crippen LogP contribution < -0.4 is 0 Å². The summed E-state index contributed by atoms with van der Waals surface area (Å²) in [6, 6.07) is 4.12. The average molecular weight is 276 g/mol. The van der Waals surface area contributed by atoms with Crippen molar-refractivity contribution in [2.75, 3.05) is 13.2 Å². The zero-order valence-corrected chi connectivity index (χ0v) is 13.4. The third kappa shape index (κ3) is 5.46. The Labute approximate surface area is 123 Å². The molecule has 0 aromatic heterocycles. The summed E-state index contributed by atoms with van der Waals surface area (Å²) in [6.45, 7) is 9.16. The third-order valence-electron chi connectivity index (χ3n) is 3.58. The minimum Gasteiger partial charge on any atom is -0.373 e. The van der Waals surface area contributed by atoms with Gasteiger partial charge < -0.3 is 4.74 Å². The van der Waals surface area contributed by atoms with E-state index in [1.54, 1.807) is 0 Å². The summed E-state index contributed by atoms with van der Waals surface area (Å²) < 4.78 is 5.52. The summed E-state index contributed by atoms with van der Waals surface area (Å²) >= 11 is 0. The zero-order chi connectivity index (χ0) is 15.0. The predicted molar refractivity (Wildman–Crippen MR) is 84.6 cm³/mol. The Bertz CT molecular complexity index is 412. The molecule has 0 unspecified atom stereocenters.